The summed E-state index contributed by atoms with van der Waals surface area (Å²) in [6, 6.07) is 6.29. The highest BCUT2D eigenvalue weighted by Crippen LogP contribution is 2.39. The van der Waals surface area contributed by atoms with Crippen molar-refractivity contribution in [1.82, 2.24) is 9.47 Å². The molecule has 1 fully saturated rings. The molecule has 4 heteroatoms. The molecule has 0 N–H and O–H groups in total. The van der Waals surface area contributed by atoms with Crippen molar-refractivity contribution in [1.29, 1.82) is 0 Å². The molecule has 2 heterocycles. The second-order valence-electron chi connectivity index (χ2n) is 8.40. The van der Waals surface area contributed by atoms with E-state index in [9.17, 15) is 4.79 Å². The zero-order valence-electron chi connectivity index (χ0n) is 17.0. The standard InChI is InChI=1S/C23H32N2O2/c1-4-11-24(2)23(26)18-6-8-22-20(15-18)19-14-17(5-7-21(19)25(22)3)16-9-12-27-13-10-16/h6,8,15-17H,4-5,7,9-14H2,1-3H3. The predicted octanol–water partition coefficient (Wildman–Crippen LogP) is 4.19. The van der Waals surface area contributed by atoms with Crippen molar-refractivity contribution in [3.63, 3.8) is 0 Å². The van der Waals surface area contributed by atoms with E-state index in [1.165, 1.54) is 41.4 Å². The van der Waals surface area contributed by atoms with E-state index in [0.717, 1.165) is 56.4 Å². The number of benzene rings is 1. The van der Waals surface area contributed by atoms with Crippen LogP contribution < -0.4 is 0 Å². The third-order valence-corrected chi connectivity index (χ3v) is 6.74. The number of rotatable bonds is 4. The van der Waals surface area contributed by atoms with Gasteiger partial charge in [0.15, 0.2) is 0 Å². The van der Waals surface area contributed by atoms with Gasteiger partial charge in [0, 0.05) is 56.0 Å². The van der Waals surface area contributed by atoms with E-state index in [4.69, 9.17) is 4.74 Å². The molecule has 1 unspecified atom stereocenters. The molecule has 4 nitrogen and oxygen atoms in total. The maximum Gasteiger partial charge on any atom is 0.253 e. The van der Waals surface area contributed by atoms with Crippen LogP contribution in [0.3, 0.4) is 0 Å². The van der Waals surface area contributed by atoms with E-state index in [1.807, 2.05) is 18.0 Å². The van der Waals surface area contributed by atoms with Crippen LogP contribution in [0.5, 0.6) is 0 Å². The lowest BCUT2D eigenvalue weighted by Gasteiger charge is -2.33. The zero-order chi connectivity index (χ0) is 19.0. The third-order valence-electron chi connectivity index (χ3n) is 6.74. The molecule has 0 spiro atoms. The average molecular weight is 369 g/mol. The summed E-state index contributed by atoms with van der Waals surface area (Å²) in [6.07, 6.45) is 6.98. The lowest BCUT2D eigenvalue weighted by atomic mass is 9.75. The molecule has 1 aliphatic heterocycles. The van der Waals surface area contributed by atoms with Crippen LogP contribution in [-0.2, 0) is 24.6 Å². The lowest BCUT2D eigenvalue weighted by Crippen LogP contribution is -2.28. The Morgan fingerprint density at radius 2 is 2.00 bits per heavy atom. The van der Waals surface area contributed by atoms with Crippen molar-refractivity contribution in [2.75, 3.05) is 26.8 Å². The van der Waals surface area contributed by atoms with Crippen molar-refractivity contribution in [3.05, 3.63) is 35.0 Å². The second kappa shape index (κ2) is 7.67. The molecular weight excluding hydrogens is 336 g/mol. The van der Waals surface area contributed by atoms with Gasteiger partial charge >= 0.3 is 0 Å². The van der Waals surface area contributed by atoms with Crippen LogP contribution in [0.15, 0.2) is 18.2 Å². The molecule has 4 rings (SSSR count). The molecule has 146 valence electrons. The quantitative estimate of drug-likeness (QED) is 0.811. The molecule has 1 saturated heterocycles. The number of nitrogens with zero attached hydrogens (tertiary/aromatic N) is 2. The van der Waals surface area contributed by atoms with Crippen LogP contribution in [0.4, 0.5) is 0 Å². The summed E-state index contributed by atoms with van der Waals surface area (Å²) in [7, 11) is 4.08. The van der Waals surface area contributed by atoms with Crippen molar-refractivity contribution in [3.8, 4) is 0 Å². The number of hydrogen-bond acceptors (Lipinski definition) is 2. The Morgan fingerprint density at radius 3 is 2.74 bits per heavy atom. The monoisotopic (exact) mass is 368 g/mol. The second-order valence-corrected chi connectivity index (χ2v) is 8.40. The van der Waals surface area contributed by atoms with Crippen LogP contribution in [0.2, 0.25) is 0 Å². The summed E-state index contributed by atoms with van der Waals surface area (Å²) in [5, 5.41) is 1.29. The highest BCUT2D eigenvalue weighted by atomic mass is 16.5. The lowest BCUT2D eigenvalue weighted by molar-refractivity contribution is 0.0439. The summed E-state index contributed by atoms with van der Waals surface area (Å²) >= 11 is 0. The smallest absolute Gasteiger partial charge is 0.253 e. The van der Waals surface area contributed by atoms with Gasteiger partial charge in [-0.15, -0.1) is 0 Å². The Kier molecular flexibility index (Phi) is 5.27. The molecule has 0 saturated carbocycles. The summed E-state index contributed by atoms with van der Waals surface area (Å²) in [6.45, 7) is 4.75. The number of ether oxygens (including phenoxy) is 1. The van der Waals surface area contributed by atoms with Gasteiger partial charge in [-0.1, -0.05) is 6.92 Å². The molecule has 1 aromatic heterocycles. The molecule has 2 aliphatic rings. The van der Waals surface area contributed by atoms with Gasteiger partial charge in [-0.25, -0.2) is 0 Å². The molecule has 1 amide bonds. The largest absolute Gasteiger partial charge is 0.381 e. The van der Waals surface area contributed by atoms with Crippen molar-refractivity contribution in [2.45, 2.75) is 45.4 Å². The van der Waals surface area contributed by atoms with E-state index in [0.29, 0.717) is 0 Å². The fourth-order valence-corrected chi connectivity index (χ4v) is 5.19. The van der Waals surface area contributed by atoms with Gasteiger partial charge in [-0.3, -0.25) is 4.79 Å². The molecule has 0 radical (unpaired) electrons. The summed E-state index contributed by atoms with van der Waals surface area (Å²) in [5.74, 6) is 1.69. The van der Waals surface area contributed by atoms with Crippen LogP contribution in [0, 0.1) is 11.8 Å². The van der Waals surface area contributed by atoms with Gasteiger partial charge in [0.25, 0.3) is 5.91 Å². The average Bonchev–Trinajstić information content (AvgIpc) is 2.99. The molecule has 27 heavy (non-hydrogen) atoms. The van der Waals surface area contributed by atoms with Gasteiger partial charge < -0.3 is 14.2 Å². The van der Waals surface area contributed by atoms with Crippen LogP contribution in [0.25, 0.3) is 10.9 Å². The number of aromatic nitrogens is 1. The van der Waals surface area contributed by atoms with E-state index in [-0.39, 0.29) is 5.91 Å². The highest BCUT2D eigenvalue weighted by Gasteiger charge is 2.30. The van der Waals surface area contributed by atoms with Crippen LogP contribution >= 0.6 is 0 Å². The van der Waals surface area contributed by atoms with Gasteiger partial charge in [-0.2, -0.15) is 0 Å². The molecular formula is C23H32N2O2. The number of fused-ring (bicyclic) bond motifs is 3. The topological polar surface area (TPSA) is 34.5 Å². The van der Waals surface area contributed by atoms with Gasteiger partial charge in [0.1, 0.15) is 0 Å². The van der Waals surface area contributed by atoms with Crippen LogP contribution in [-0.4, -0.2) is 42.2 Å². The summed E-state index contributed by atoms with van der Waals surface area (Å²) in [4.78, 5) is 14.6. The molecule has 2 aromatic rings. The maximum absolute atomic E-state index is 12.8. The summed E-state index contributed by atoms with van der Waals surface area (Å²) in [5.41, 5.74) is 5.05. The molecule has 1 aliphatic carbocycles. The van der Waals surface area contributed by atoms with Gasteiger partial charge in [-0.05, 0) is 74.1 Å². The van der Waals surface area contributed by atoms with Gasteiger partial charge in [0.05, 0.1) is 0 Å². The van der Waals surface area contributed by atoms with Crippen LogP contribution in [0.1, 0.15) is 54.2 Å². The molecule has 1 atom stereocenters. The van der Waals surface area contributed by atoms with E-state index >= 15 is 0 Å². The first-order valence-electron chi connectivity index (χ1n) is 10.5. The number of amides is 1. The minimum absolute atomic E-state index is 0.133. The number of carbonyl (C=O) groups excluding carboxylic acids is 1. The molecule has 1 aromatic carbocycles. The fourth-order valence-electron chi connectivity index (χ4n) is 5.19. The predicted molar refractivity (Wildman–Crippen MR) is 109 cm³/mol. The maximum atomic E-state index is 12.8. The first-order valence-corrected chi connectivity index (χ1v) is 10.5. The number of carbonyl (C=O) groups is 1. The van der Waals surface area contributed by atoms with E-state index in [1.54, 1.807) is 0 Å². The van der Waals surface area contributed by atoms with Crippen molar-refractivity contribution in [2.24, 2.45) is 18.9 Å². The Bertz CT molecular complexity index is 833. The first kappa shape index (κ1) is 18.5. The Morgan fingerprint density at radius 1 is 1.22 bits per heavy atom. The Labute approximate surface area is 162 Å². The number of hydrogen-bond donors (Lipinski definition) is 0. The Balaban J connectivity index is 1.67. The number of aryl methyl sites for hydroxylation is 1. The van der Waals surface area contributed by atoms with Crippen molar-refractivity contribution >= 4 is 16.8 Å². The highest BCUT2D eigenvalue weighted by molar-refractivity contribution is 5.99. The van der Waals surface area contributed by atoms with Crippen molar-refractivity contribution < 1.29 is 9.53 Å². The minimum atomic E-state index is 0.133. The normalized spacial score (nSPS) is 20.6. The van der Waals surface area contributed by atoms with E-state index in [2.05, 4.69) is 30.7 Å². The third kappa shape index (κ3) is 3.40. The van der Waals surface area contributed by atoms with Gasteiger partial charge in [0.2, 0.25) is 0 Å². The fraction of sp³-hybridized carbons (Fsp3) is 0.609. The molecule has 0 bridgehead atoms. The zero-order valence-corrected chi connectivity index (χ0v) is 17.0. The van der Waals surface area contributed by atoms with E-state index < -0.39 is 0 Å². The SMILES string of the molecule is CCCN(C)C(=O)c1ccc2c(c1)c1c(n2C)CCC(C2CCOCC2)C1. The first-order chi connectivity index (χ1) is 13.1. The summed E-state index contributed by atoms with van der Waals surface area (Å²) < 4.78 is 7.93. The minimum Gasteiger partial charge on any atom is -0.381 e. The Hall–Kier alpha value is -1.81.